The number of ether oxygens (including phenoxy) is 2. The van der Waals surface area contributed by atoms with Crippen molar-refractivity contribution in [2.24, 2.45) is 5.73 Å². The van der Waals surface area contributed by atoms with Crippen molar-refractivity contribution < 1.29 is 51.9 Å². The Morgan fingerprint density at radius 2 is 1.25 bits per heavy atom. The van der Waals surface area contributed by atoms with E-state index in [2.05, 4.69) is 9.47 Å². The van der Waals surface area contributed by atoms with Crippen molar-refractivity contribution in [2.75, 3.05) is 14.2 Å². The van der Waals surface area contributed by atoms with Gasteiger partial charge in [-0.2, -0.15) is 8.42 Å². The number of carbonyl (C=O) groups is 2. The molecule has 7 N–H and O–H groups in total. The van der Waals surface area contributed by atoms with Crippen LogP contribution in [0.1, 0.15) is 21.3 Å². The van der Waals surface area contributed by atoms with Gasteiger partial charge in [-0.3, -0.25) is 13.9 Å². The van der Waals surface area contributed by atoms with Gasteiger partial charge >= 0.3 is 22.3 Å². The fourth-order valence-corrected chi connectivity index (χ4v) is 0.677. The minimum atomic E-state index is -4.67. The summed E-state index contributed by atoms with van der Waals surface area (Å²) >= 11 is 0. The van der Waals surface area contributed by atoms with E-state index in [9.17, 15) is 9.59 Å². The van der Waals surface area contributed by atoms with Crippen LogP contribution < -0.4 is 5.73 Å². The van der Waals surface area contributed by atoms with Gasteiger partial charge < -0.3 is 30.5 Å². The molecule has 0 amide bonds. The average Bonchev–Trinajstić information content (AvgIpc) is 2.42. The van der Waals surface area contributed by atoms with Crippen LogP contribution in [0.25, 0.3) is 0 Å². The van der Waals surface area contributed by atoms with Gasteiger partial charge in [0.25, 0.3) is 0 Å². The van der Waals surface area contributed by atoms with Crippen LogP contribution in [0.15, 0.2) is 0 Å². The predicted octanol–water partition coefficient (Wildman–Crippen LogP) is -1.12. The van der Waals surface area contributed by atoms with E-state index in [-0.39, 0.29) is 7.43 Å². The molecule has 0 fully saturated rings. The maximum absolute atomic E-state index is 10.1. The van der Waals surface area contributed by atoms with Crippen LogP contribution >= 0.6 is 0 Å². The molecule has 0 spiro atoms. The first kappa shape index (κ1) is 30.5. The molecule has 0 saturated heterocycles. The zero-order chi connectivity index (χ0) is 19.4. The van der Waals surface area contributed by atoms with Crippen LogP contribution in [0.2, 0.25) is 0 Å². The molecule has 148 valence electrons. The molecule has 4 atom stereocenters. The third-order valence-corrected chi connectivity index (χ3v) is 2.23. The summed E-state index contributed by atoms with van der Waals surface area (Å²) in [6.45, 7) is 3.09. The summed E-state index contributed by atoms with van der Waals surface area (Å²) in [5, 5.41) is 25.1. The summed E-state index contributed by atoms with van der Waals surface area (Å²) in [6.07, 6.45) is -2.50. The highest BCUT2D eigenvalue weighted by molar-refractivity contribution is 7.79. The fourth-order valence-electron chi connectivity index (χ4n) is 0.677. The summed E-state index contributed by atoms with van der Waals surface area (Å²) in [4.78, 5) is 20.1. The van der Waals surface area contributed by atoms with Gasteiger partial charge in [0.2, 0.25) is 0 Å². The van der Waals surface area contributed by atoms with E-state index in [1.165, 1.54) is 21.1 Å². The second-order valence-corrected chi connectivity index (χ2v) is 4.87. The Morgan fingerprint density at radius 1 is 0.958 bits per heavy atom. The van der Waals surface area contributed by atoms with E-state index in [1.807, 2.05) is 0 Å². The third-order valence-electron chi connectivity index (χ3n) is 2.23. The zero-order valence-corrected chi connectivity index (χ0v) is 13.8. The summed E-state index contributed by atoms with van der Waals surface area (Å²) in [5.74, 6) is -2.30. The van der Waals surface area contributed by atoms with E-state index in [4.69, 9.17) is 38.6 Å². The van der Waals surface area contributed by atoms with Crippen molar-refractivity contribution in [3.05, 3.63) is 0 Å². The smallest absolute Gasteiger partial charge is 0.394 e. The quantitative estimate of drug-likeness (QED) is 0.302. The van der Waals surface area contributed by atoms with E-state index in [0.717, 1.165) is 0 Å². The second kappa shape index (κ2) is 15.2. The topological polar surface area (TPSA) is 214 Å². The SMILES string of the molecule is C.CO[C@H](C)[C@H](N)C(=O)O.CO[C@H](C)[C@H](O)C(=O)O.O=S(=O)(O)O. The van der Waals surface area contributed by atoms with Gasteiger partial charge in [-0.1, -0.05) is 7.43 Å². The Balaban J connectivity index is -0.000000128. The third kappa shape index (κ3) is 22.9. The molecule has 24 heavy (non-hydrogen) atoms. The lowest BCUT2D eigenvalue weighted by Gasteiger charge is -2.12. The fraction of sp³-hybridized carbons (Fsp3) is 0.818. The number of carboxylic acid groups (broad SMARTS) is 2. The normalized spacial score (nSPS) is 15.0. The molecule has 0 heterocycles. The van der Waals surface area contributed by atoms with Crippen molar-refractivity contribution >= 4 is 22.3 Å². The molecule has 0 saturated carbocycles. The van der Waals surface area contributed by atoms with Crippen molar-refractivity contribution in [3.63, 3.8) is 0 Å². The molecule has 0 rings (SSSR count). The molecule has 0 aromatic heterocycles. The lowest BCUT2D eigenvalue weighted by molar-refractivity contribution is -0.153. The monoisotopic (exact) mass is 381 g/mol. The number of hydrogen-bond acceptors (Lipinski definition) is 8. The average molecular weight is 381 g/mol. The van der Waals surface area contributed by atoms with Crippen LogP contribution in [0.5, 0.6) is 0 Å². The summed E-state index contributed by atoms with van der Waals surface area (Å²) in [6, 6.07) is -0.921. The van der Waals surface area contributed by atoms with Crippen molar-refractivity contribution in [1.82, 2.24) is 0 Å². The van der Waals surface area contributed by atoms with Crippen molar-refractivity contribution in [2.45, 2.75) is 45.6 Å². The van der Waals surface area contributed by atoms with Crippen molar-refractivity contribution in [3.8, 4) is 0 Å². The Labute approximate surface area is 140 Å². The Kier molecular flexibility index (Phi) is 19.3. The highest BCUT2D eigenvalue weighted by Gasteiger charge is 2.20. The van der Waals surface area contributed by atoms with Gasteiger partial charge in [-0.25, -0.2) is 4.79 Å². The minimum absolute atomic E-state index is 0. The minimum Gasteiger partial charge on any atom is -0.480 e. The number of hydrogen-bond donors (Lipinski definition) is 6. The van der Waals surface area contributed by atoms with E-state index >= 15 is 0 Å². The number of aliphatic hydroxyl groups is 1. The number of nitrogens with two attached hydrogens (primary N) is 1. The summed E-state index contributed by atoms with van der Waals surface area (Å²) < 4.78 is 40.8. The number of methoxy groups -OCH3 is 2. The zero-order valence-electron chi connectivity index (χ0n) is 13.0. The molecule has 0 radical (unpaired) electrons. The number of carboxylic acids is 2. The Bertz CT molecular complexity index is 405. The molecule has 12 nitrogen and oxygen atoms in total. The molecule has 0 aromatic rings. The number of aliphatic hydroxyl groups excluding tert-OH is 1. The van der Waals surface area contributed by atoms with Gasteiger partial charge in [-0.15, -0.1) is 0 Å². The molecule has 0 bridgehead atoms. The van der Waals surface area contributed by atoms with Gasteiger partial charge in [-0.05, 0) is 13.8 Å². The van der Waals surface area contributed by atoms with Crippen LogP contribution in [-0.4, -0.2) is 83.4 Å². The molecule has 0 aliphatic heterocycles. The molecule has 0 aliphatic rings. The molecular formula is C11H27NO11S. The second-order valence-electron chi connectivity index (χ2n) is 3.98. The maximum Gasteiger partial charge on any atom is 0.394 e. The first-order valence-corrected chi connectivity index (χ1v) is 7.23. The van der Waals surface area contributed by atoms with Gasteiger partial charge in [0.1, 0.15) is 6.04 Å². The van der Waals surface area contributed by atoms with Crippen molar-refractivity contribution in [1.29, 1.82) is 0 Å². The van der Waals surface area contributed by atoms with Gasteiger partial charge in [0.15, 0.2) is 6.10 Å². The molecule has 0 aromatic carbocycles. The van der Waals surface area contributed by atoms with Crippen LogP contribution in [0.3, 0.4) is 0 Å². The van der Waals surface area contributed by atoms with Gasteiger partial charge in [0, 0.05) is 14.2 Å². The summed E-state index contributed by atoms with van der Waals surface area (Å²) in [7, 11) is -1.90. The molecule has 0 unspecified atom stereocenters. The van der Waals surface area contributed by atoms with Gasteiger partial charge in [0.05, 0.1) is 12.2 Å². The molecule has 13 heteroatoms. The lowest BCUT2D eigenvalue weighted by Crippen LogP contribution is -2.40. The lowest BCUT2D eigenvalue weighted by atomic mass is 10.2. The maximum atomic E-state index is 10.1. The predicted molar refractivity (Wildman–Crippen MR) is 83.1 cm³/mol. The standard InChI is InChI=1S/C5H11NO3.C5H10O4.CH4.H2O4S/c2*1-3(9-2)4(6)5(7)8;;1-5(2,3)4/h3-4H,6H2,1-2H3,(H,7,8);3-4,6H,1-2H3,(H,7,8);1H4;(H2,1,2,3,4)/t2*3-,4+;;/m11../s1. The molecule has 0 aliphatic carbocycles. The summed E-state index contributed by atoms with van der Waals surface area (Å²) in [5.41, 5.74) is 5.15. The van der Waals surface area contributed by atoms with E-state index < -0.39 is 46.7 Å². The Morgan fingerprint density at radius 3 is 1.33 bits per heavy atom. The Hall–Kier alpha value is -1.35. The van der Waals surface area contributed by atoms with E-state index in [0.29, 0.717) is 0 Å². The highest BCUT2D eigenvalue weighted by atomic mass is 32.3. The largest absolute Gasteiger partial charge is 0.480 e. The number of rotatable bonds is 6. The first-order valence-electron chi connectivity index (χ1n) is 5.83. The van der Waals surface area contributed by atoms with E-state index in [1.54, 1.807) is 6.92 Å². The van der Waals surface area contributed by atoms with Crippen LogP contribution in [0.4, 0.5) is 0 Å². The van der Waals surface area contributed by atoms with Crippen LogP contribution in [-0.2, 0) is 29.5 Å². The number of aliphatic carboxylic acids is 2. The highest BCUT2D eigenvalue weighted by Crippen LogP contribution is 1.95. The molecular weight excluding hydrogens is 354 g/mol. The van der Waals surface area contributed by atoms with Crippen LogP contribution in [0, 0.1) is 0 Å². The first-order chi connectivity index (χ1) is 10.2.